The van der Waals surface area contributed by atoms with Gasteiger partial charge < -0.3 is 4.74 Å². The summed E-state index contributed by atoms with van der Waals surface area (Å²) in [7, 11) is 1.61. The molecule has 5 heteroatoms. The van der Waals surface area contributed by atoms with E-state index in [2.05, 4.69) is 33.4 Å². The standard InChI is InChI=1S/C18H27BrN2O2/c1-3-4-5-6-7-8-9-10-18(22)21-20-14-15-13-16(19)11-12-17(15)23-2/h11-14H,3-10H2,1-2H3,(H,21,22). The summed E-state index contributed by atoms with van der Waals surface area (Å²) in [5, 5.41) is 4.01. The fourth-order valence-electron chi connectivity index (χ4n) is 2.28. The predicted molar refractivity (Wildman–Crippen MR) is 99.0 cm³/mol. The van der Waals surface area contributed by atoms with Gasteiger partial charge in [-0.3, -0.25) is 4.79 Å². The second-order valence-electron chi connectivity index (χ2n) is 5.55. The molecule has 0 fully saturated rings. The Morgan fingerprint density at radius 3 is 2.61 bits per heavy atom. The first-order valence-corrected chi connectivity index (χ1v) is 9.12. The van der Waals surface area contributed by atoms with Crippen molar-refractivity contribution in [2.24, 2.45) is 5.10 Å². The minimum atomic E-state index is -0.0382. The van der Waals surface area contributed by atoms with E-state index >= 15 is 0 Å². The number of carbonyl (C=O) groups is 1. The molecule has 0 aliphatic heterocycles. The number of benzene rings is 1. The molecule has 1 rings (SSSR count). The van der Waals surface area contributed by atoms with Crippen LogP contribution < -0.4 is 10.2 Å². The highest BCUT2D eigenvalue weighted by atomic mass is 79.9. The molecule has 0 bridgehead atoms. The molecule has 0 radical (unpaired) electrons. The molecule has 0 spiro atoms. The first-order chi connectivity index (χ1) is 11.2. The molecule has 128 valence electrons. The maximum Gasteiger partial charge on any atom is 0.240 e. The Hall–Kier alpha value is -1.36. The Balaban J connectivity index is 2.24. The highest BCUT2D eigenvalue weighted by Crippen LogP contribution is 2.21. The van der Waals surface area contributed by atoms with Crippen molar-refractivity contribution in [3.05, 3.63) is 28.2 Å². The lowest BCUT2D eigenvalue weighted by Gasteiger charge is -2.05. The van der Waals surface area contributed by atoms with E-state index in [9.17, 15) is 4.79 Å². The first kappa shape index (κ1) is 19.7. The molecule has 1 aromatic carbocycles. The highest BCUT2D eigenvalue weighted by Gasteiger charge is 2.02. The van der Waals surface area contributed by atoms with Gasteiger partial charge in [-0.15, -0.1) is 0 Å². The van der Waals surface area contributed by atoms with Crippen molar-refractivity contribution >= 4 is 28.1 Å². The maximum absolute atomic E-state index is 11.7. The van der Waals surface area contributed by atoms with E-state index < -0.39 is 0 Å². The molecular formula is C18H27BrN2O2. The summed E-state index contributed by atoms with van der Waals surface area (Å²) in [4.78, 5) is 11.7. The normalized spacial score (nSPS) is 10.9. The number of nitrogens with one attached hydrogen (secondary N) is 1. The zero-order valence-electron chi connectivity index (χ0n) is 14.1. The molecule has 0 aliphatic rings. The Bertz CT molecular complexity index is 504. The number of ether oxygens (including phenoxy) is 1. The molecule has 23 heavy (non-hydrogen) atoms. The van der Waals surface area contributed by atoms with Gasteiger partial charge in [-0.1, -0.05) is 61.4 Å². The van der Waals surface area contributed by atoms with Crippen molar-refractivity contribution in [1.29, 1.82) is 0 Å². The average Bonchev–Trinajstić information content (AvgIpc) is 2.54. The molecule has 0 aromatic heterocycles. The largest absolute Gasteiger partial charge is 0.496 e. The van der Waals surface area contributed by atoms with E-state index in [1.807, 2.05) is 18.2 Å². The van der Waals surface area contributed by atoms with E-state index in [-0.39, 0.29) is 5.91 Å². The zero-order valence-corrected chi connectivity index (χ0v) is 15.7. The molecular weight excluding hydrogens is 356 g/mol. The number of halogens is 1. The summed E-state index contributed by atoms with van der Waals surface area (Å²) >= 11 is 3.41. The van der Waals surface area contributed by atoms with Crippen LogP contribution in [0, 0.1) is 0 Å². The van der Waals surface area contributed by atoms with Gasteiger partial charge in [-0.2, -0.15) is 5.10 Å². The summed E-state index contributed by atoms with van der Waals surface area (Å²) in [6.45, 7) is 2.22. The van der Waals surface area contributed by atoms with Crippen molar-refractivity contribution in [2.45, 2.75) is 58.3 Å². The molecule has 0 aliphatic carbocycles. The lowest BCUT2D eigenvalue weighted by molar-refractivity contribution is -0.121. The third kappa shape index (κ3) is 8.74. The molecule has 0 unspecified atom stereocenters. The van der Waals surface area contributed by atoms with Crippen LogP contribution in [-0.2, 0) is 4.79 Å². The maximum atomic E-state index is 11.7. The minimum absolute atomic E-state index is 0.0382. The van der Waals surface area contributed by atoms with E-state index in [1.54, 1.807) is 13.3 Å². The van der Waals surface area contributed by atoms with Gasteiger partial charge in [-0.05, 0) is 24.6 Å². The van der Waals surface area contributed by atoms with Crippen LogP contribution in [0.5, 0.6) is 5.75 Å². The summed E-state index contributed by atoms with van der Waals surface area (Å²) in [5.41, 5.74) is 3.39. The van der Waals surface area contributed by atoms with Crippen molar-refractivity contribution in [1.82, 2.24) is 5.43 Å². The molecule has 0 heterocycles. The Morgan fingerprint density at radius 2 is 1.91 bits per heavy atom. The van der Waals surface area contributed by atoms with Crippen LogP contribution in [0.4, 0.5) is 0 Å². The summed E-state index contributed by atoms with van der Waals surface area (Å²) in [6.07, 6.45) is 10.5. The van der Waals surface area contributed by atoms with E-state index in [0.717, 1.165) is 28.6 Å². The van der Waals surface area contributed by atoms with Gasteiger partial charge in [0, 0.05) is 16.5 Å². The SMILES string of the molecule is CCCCCCCCCC(=O)NN=Cc1cc(Br)ccc1OC. The molecule has 0 saturated carbocycles. The van der Waals surface area contributed by atoms with E-state index in [1.165, 1.54) is 32.1 Å². The predicted octanol–water partition coefficient (Wildman–Crippen LogP) is 5.05. The lowest BCUT2D eigenvalue weighted by Crippen LogP contribution is -2.16. The third-order valence-corrected chi connectivity index (χ3v) is 4.09. The molecule has 0 atom stereocenters. The van der Waals surface area contributed by atoms with Crippen LogP contribution in [0.3, 0.4) is 0 Å². The number of rotatable bonds is 11. The molecule has 1 N–H and O–H groups in total. The Labute approximate surface area is 147 Å². The lowest BCUT2D eigenvalue weighted by atomic mass is 10.1. The topological polar surface area (TPSA) is 50.7 Å². The smallest absolute Gasteiger partial charge is 0.240 e. The van der Waals surface area contributed by atoms with Gasteiger partial charge in [0.25, 0.3) is 0 Å². The molecule has 1 amide bonds. The van der Waals surface area contributed by atoms with Crippen LogP contribution in [0.25, 0.3) is 0 Å². The molecule has 0 saturated heterocycles. The average molecular weight is 383 g/mol. The minimum Gasteiger partial charge on any atom is -0.496 e. The quantitative estimate of drug-likeness (QED) is 0.330. The number of methoxy groups -OCH3 is 1. The van der Waals surface area contributed by atoms with Gasteiger partial charge in [0.1, 0.15) is 5.75 Å². The van der Waals surface area contributed by atoms with Crippen molar-refractivity contribution in [3.63, 3.8) is 0 Å². The van der Waals surface area contributed by atoms with Crippen LogP contribution in [0.2, 0.25) is 0 Å². The van der Waals surface area contributed by atoms with E-state index in [0.29, 0.717) is 6.42 Å². The number of nitrogens with zero attached hydrogens (tertiary/aromatic N) is 1. The van der Waals surface area contributed by atoms with Gasteiger partial charge in [-0.25, -0.2) is 5.43 Å². The number of amides is 1. The van der Waals surface area contributed by atoms with E-state index in [4.69, 9.17) is 4.74 Å². The Kier molecular flexibility index (Phi) is 10.4. The fourth-order valence-corrected chi connectivity index (χ4v) is 2.66. The van der Waals surface area contributed by atoms with Crippen molar-refractivity contribution in [2.75, 3.05) is 7.11 Å². The number of carbonyl (C=O) groups excluding carboxylic acids is 1. The van der Waals surface area contributed by atoms with Crippen LogP contribution in [0.1, 0.15) is 63.9 Å². The van der Waals surface area contributed by atoms with Crippen molar-refractivity contribution < 1.29 is 9.53 Å². The number of hydrogen-bond acceptors (Lipinski definition) is 3. The second kappa shape index (κ2) is 12.1. The summed E-state index contributed by atoms with van der Waals surface area (Å²) < 4.78 is 6.19. The van der Waals surface area contributed by atoms with Crippen LogP contribution >= 0.6 is 15.9 Å². The van der Waals surface area contributed by atoms with Crippen molar-refractivity contribution in [3.8, 4) is 5.75 Å². The number of hydrazone groups is 1. The van der Waals surface area contributed by atoms with Crippen LogP contribution in [0.15, 0.2) is 27.8 Å². The zero-order chi connectivity index (χ0) is 16.9. The number of hydrogen-bond donors (Lipinski definition) is 1. The fraction of sp³-hybridized carbons (Fsp3) is 0.556. The monoisotopic (exact) mass is 382 g/mol. The Morgan fingerprint density at radius 1 is 1.22 bits per heavy atom. The first-order valence-electron chi connectivity index (χ1n) is 8.32. The molecule has 1 aromatic rings. The molecule has 4 nitrogen and oxygen atoms in total. The third-order valence-electron chi connectivity index (χ3n) is 3.59. The number of unbranched alkanes of at least 4 members (excludes halogenated alkanes) is 6. The van der Waals surface area contributed by atoms with Gasteiger partial charge in [0.2, 0.25) is 5.91 Å². The summed E-state index contributed by atoms with van der Waals surface area (Å²) in [5.74, 6) is 0.682. The van der Waals surface area contributed by atoms with Gasteiger partial charge in [0.15, 0.2) is 0 Å². The summed E-state index contributed by atoms with van der Waals surface area (Å²) in [6, 6.07) is 5.64. The van der Waals surface area contributed by atoms with Gasteiger partial charge in [0.05, 0.1) is 13.3 Å². The second-order valence-corrected chi connectivity index (χ2v) is 6.47. The van der Waals surface area contributed by atoms with Crippen LogP contribution in [-0.4, -0.2) is 19.2 Å². The highest BCUT2D eigenvalue weighted by molar-refractivity contribution is 9.10. The van der Waals surface area contributed by atoms with Gasteiger partial charge >= 0.3 is 0 Å².